The molecule has 1 aromatic carbocycles. The lowest BCUT2D eigenvalue weighted by Crippen LogP contribution is -2.34. The Kier molecular flexibility index (Phi) is 3.56. The number of benzene rings is 1. The summed E-state index contributed by atoms with van der Waals surface area (Å²) >= 11 is 0. The summed E-state index contributed by atoms with van der Waals surface area (Å²) in [6.07, 6.45) is 4.01. The Bertz CT molecular complexity index is 1050. The van der Waals surface area contributed by atoms with E-state index in [0.717, 1.165) is 22.7 Å². The summed E-state index contributed by atoms with van der Waals surface area (Å²) in [7, 11) is 0. The minimum absolute atomic E-state index is 0.160. The third-order valence-corrected chi connectivity index (χ3v) is 5.27. The van der Waals surface area contributed by atoms with E-state index in [1.165, 1.54) is 12.8 Å². The molecule has 0 bridgehead atoms. The van der Waals surface area contributed by atoms with Gasteiger partial charge in [0.15, 0.2) is 22.8 Å². The number of aromatic nitrogens is 3. The summed E-state index contributed by atoms with van der Waals surface area (Å²) in [5.74, 6) is 1.85. The highest BCUT2D eigenvalue weighted by molar-refractivity contribution is 5.98. The van der Waals surface area contributed by atoms with Gasteiger partial charge in [-0.3, -0.25) is 9.20 Å². The zero-order chi connectivity index (χ0) is 18.5. The van der Waals surface area contributed by atoms with Gasteiger partial charge in [-0.05, 0) is 56.9 Å². The Balaban J connectivity index is 1.54. The molecule has 3 heterocycles. The summed E-state index contributed by atoms with van der Waals surface area (Å²) in [6, 6.07) is 7.86. The highest BCUT2D eigenvalue weighted by Gasteiger charge is 2.30. The topological polar surface area (TPSA) is 77.8 Å². The van der Waals surface area contributed by atoms with E-state index < -0.39 is 0 Å². The molecule has 1 saturated carbocycles. The van der Waals surface area contributed by atoms with Gasteiger partial charge in [0.25, 0.3) is 5.91 Å². The van der Waals surface area contributed by atoms with Gasteiger partial charge in [0.2, 0.25) is 6.79 Å². The maximum atomic E-state index is 12.7. The van der Waals surface area contributed by atoms with Crippen molar-refractivity contribution in [3.05, 3.63) is 42.0 Å². The molecule has 3 aromatic rings. The van der Waals surface area contributed by atoms with Crippen molar-refractivity contribution < 1.29 is 14.3 Å². The molecule has 27 heavy (non-hydrogen) atoms. The fourth-order valence-electron chi connectivity index (χ4n) is 3.47. The smallest absolute Gasteiger partial charge is 0.274 e. The summed E-state index contributed by atoms with van der Waals surface area (Å²) in [5, 5.41) is 3.06. The summed E-state index contributed by atoms with van der Waals surface area (Å²) in [5.41, 5.74) is 3.54. The first-order valence-electron chi connectivity index (χ1n) is 9.16. The predicted molar refractivity (Wildman–Crippen MR) is 98.9 cm³/mol. The second-order valence-electron chi connectivity index (χ2n) is 7.24. The van der Waals surface area contributed by atoms with Crippen LogP contribution in [-0.2, 0) is 0 Å². The number of fused-ring (bicyclic) bond motifs is 2. The van der Waals surface area contributed by atoms with Crippen molar-refractivity contribution in [2.45, 2.75) is 32.7 Å². The van der Waals surface area contributed by atoms with Crippen LogP contribution in [0.1, 0.15) is 35.9 Å². The second kappa shape index (κ2) is 5.97. The van der Waals surface area contributed by atoms with Crippen molar-refractivity contribution in [2.75, 3.05) is 6.79 Å². The number of nitrogens with one attached hydrogen (secondary N) is 1. The Hall–Kier alpha value is -3.09. The van der Waals surface area contributed by atoms with Crippen molar-refractivity contribution in [3.63, 3.8) is 0 Å². The Morgan fingerprint density at radius 2 is 2.07 bits per heavy atom. The first-order chi connectivity index (χ1) is 13.1. The van der Waals surface area contributed by atoms with Crippen molar-refractivity contribution in [1.29, 1.82) is 0 Å². The number of aryl methyl sites for hydroxylation is 1. The molecular weight excluding hydrogens is 344 g/mol. The van der Waals surface area contributed by atoms with Crippen molar-refractivity contribution in [1.82, 2.24) is 19.7 Å². The highest BCUT2D eigenvalue weighted by Crippen LogP contribution is 2.36. The van der Waals surface area contributed by atoms with E-state index in [9.17, 15) is 4.79 Å². The zero-order valence-electron chi connectivity index (χ0n) is 15.2. The van der Waals surface area contributed by atoms with Gasteiger partial charge < -0.3 is 14.8 Å². The average Bonchev–Trinajstić information content (AvgIpc) is 3.25. The zero-order valence-corrected chi connectivity index (χ0v) is 15.2. The number of carbonyl (C=O) groups is 1. The predicted octanol–water partition coefficient (Wildman–Crippen LogP) is 2.96. The van der Waals surface area contributed by atoms with Crippen LogP contribution in [0.4, 0.5) is 0 Å². The molecule has 2 aliphatic rings. The van der Waals surface area contributed by atoms with Crippen LogP contribution in [0.15, 0.2) is 30.6 Å². The minimum Gasteiger partial charge on any atom is -0.454 e. The fraction of sp³-hybridized carbons (Fsp3) is 0.350. The fourth-order valence-corrected chi connectivity index (χ4v) is 3.47. The number of carbonyl (C=O) groups excluding carboxylic acids is 1. The van der Waals surface area contributed by atoms with Crippen molar-refractivity contribution in [2.24, 2.45) is 5.92 Å². The van der Waals surface area contributed by atoms with Crippen LogP contribution >= 0.6 is 0 Å². The van der Waals surface area contributed by atoms with Gasteiger partial charge in [-0.15, -0.1) is 0 Å². The third kappa shape index (κ3) is 2.79. The van der Waals surface area contributed by atoms with Gasteiger partial charge in [0.1, 0.15) is 6.33 Å². The molecule has 138 valence electrons. The number of imidazole rings is 1. The Morgan fingerprint density at radius 3 is 2.89 bits per heavy atom. The lowest BCUT2D eigenvalue weighted by Gasteiger charge is -2.12. The molecule has 1 N–H and O–H groups in total. The largest absolute Gasteiger partial charge is 0.454 e. The SMILES string of the molecule is Cc1cc(-c2ccc3c(c2)OCO3)nc2c(C(=O)N[C@H](C)C3CC3)ncn12. The lowest BCUT2D eigenvalue weighted by molar-refractivity contribution is 0.0933. The molecule has 0 unspecified atom stereocenters. The third-order valence-electron chi connectivity index (χ3n) is 5.27. The molecular formula is C20H20N4O3. The van der Waals surface area contributed by atoms with Gasteiger partial charge in [-0.2, -0.15) is 0 Å². The normalized spacial score (nSPS) is 16.5. The number of ether oxygens (including phenoxy) is 2. The molecule has 1 fully saturated rings. The maximum Gasteiger partial charge on any atom is 0.274 e. The minimum atomic E-state index is -0.174. The Morgan fingerprint density at radius 1 is 1.26 bits per heavy atom. The molecule has 7 nitrogen and oxygen atoms in total. The molecule has 5 rings (SSSR count). The van der Waals surface area contributed by atoms with E-state index in [0.29, 0.717) is 23.0 Å². The van der Waals surface area contributed by atoms with Crippen LogP contribution in [-0.4, -0.2) is 33.1 Å². The van der Waals surface area contributed by atoms with Crippen LogP contribution < -0.4 is 14.8 Å². The standard InChI is InChI=1S/C20H20N4O3/c1-11-7-15(14-5-6-16-17(8-14)27-10-26-16)23-19-18(21-9-24(11)19)20(25)22-12(2)13-3-4-13/h5-9,12-13H,3-4,10H2,1-2H3,(H,22,25)/t12-/m1/s1. The second-order valence-corrected chi connectivity index (χ2v) is 7.24. The van der Waals surface area contributed by atoms with Gasteiger partial charge in [-0.25, -0.2) is 9.97 Å². The number of hydrogen-bond acceptors (Lipinski definition) is 5. The first-order valence-corrected chi connectivity index (χ1v) is 9.16. The quantitative estimate of drug-likeness (QED) is 0.770. The molecule has 1 aliphatic heterocycles. The number of rotatable bonds is 4. The van der Waals surface area contributed by atoms with Crippen LogP contribution in [0.3, 0.4) is 0 Å². The summed E-state index contributed by atoms with van der Waals surface area (Å²) in [4.78, 5) is 21.8. The average molecular weight is 364 g/mol. The van der Waals surface area contributed by atoms with E-state index in [-0.39, 0.29) is 18.7 Å². The maximum absolute atomic E-state index is 12.7. The molecule has 0 radical (unpaired) electrons. The van der Waals surface area contributed by atoms with E-state index >= 15 is 0 Å². The van der Waals surface area contributed by atoms with E-state index in [4.69, 9.17) is 14.5 Å². The van der Waals surface area contributed by atoms with Crippen LogP contribution in [0.25, 0.3) is 16.9 Å². The van der Waals surface area contributed by atoms with Gasteiger partial charge in [0.05, 0.1) is 5.69 Å². The van der Waals surface area contributed by atoms with Crippen LogP contribution in [0, 0.1) is 12.8 Å². The molecule has 0 spiro atoms. The van der Waals surface area contributed by atoms with Crippen molar-refractivity contribution in [3.8, 4) is 22.8 Å². The van der Waals surface area contributed by atoms with Gasteiger partial charge in [0, 0.05) is 17.3 Å². The number of nitrogens with zero attached hydrogens (tertiary/aromatic N) is 3. The number of hydrogen-bond donors (Lipinski definition) is 1. The molecule has 0 saturated heterocycles. The molecule has 1 atom stereocenters. The molecule has 7 heteroatoms. The van der Waals surface area contributed by atoms with Gasteiger partial charge >= 0.3 is 0 Å². The van der Waals surface area contributed by atoms with E-state index in [1.807, 2.05) is 42.5 Å². The van der Waals surface area contributed by atoms with Crippen molar-refractivity contribution >= 4 is 11.6 Å². The molecule has 2 aromatic heterocycles. The van der Waals surface area contributed by atoms with E-state index in [2.05, 4.69) is 10.3 Å². The lowest BCUT2D eigenvalue weighted by atomic mass is 10.1. The van der Waals surface area contributed by atoms with Gasteiger partial charge in [-0.1, -0.05) is 0 Å². The molecule has 1 aliphatic carbocycles. The summed E-state index contributed by atoms with van der Waals surface area (Å²) < 4.78 is 12.7. The summed E-state index contributed by atoms with van der Waals surface area (Å²) in [6.45, 7) is 4.25. The monoisotopic (exact) mass is 364 g/mol. The Labute approximate surface area is 156 Å². The number of amides is 1. The van der Waals surface area contributed by atoms with Crippen LogP contribution in [0.2, 0.25) is 0 Å². The molecule has 1 amide bonds. The first kappa shape index (κ1) is 16.1. The van der Waals surface area contributed by atoms with E-state index in [1.54, 1.807) is 6.33 Å². The highest BCUT2D eigenvalue weighted by atomic mass is 16.7. The van der Waals surface area contributed by atoms with Crippen LogP contribution in [0.5, 0.6) is 11.5 Å².